The summed E-state index contributed by atoms with van der Waals surface area (Å²) in [6.45, 7) is 0.178. The average Bonchev–Trinajstić information content (AvgIpc) is 2.76. The van der Waals surface area contributed by atoms with Crippen molar-refractivity contribution < 1.29 is 9.59 Å². The van der Waals surface area contributed by atoms with E-state index in [0.717, 1.165) is 27.7 Å². The highest BCUT2D eigenvalue weighted by molar-refractivity contribution is 6.25. The van der Waals surface area contributed by atoms with Gasteiger partial charge in [0.15, 0.2) is 0 Å². The first kappa shape index (κ1) is 16.3. The molecule has 5 heteroatoms. The number of amides is 2. The van der Waals surface area contributed by atoms with Gasteiger partial charge in [0.1, 0.15) is 0 Å². The number of nitrogens with zero attached hydrogens (tertiary/aromatic N) is 3. The van der Waals surface area contributed by atoms with Crippen LogP contribution in [0.25, 0.3) is 22.2 Å². The van der Waals surface area contributed by atoms with Gasteiger partial charge in [0.05, 0.1) is 17.9 Å². The van der Waals surface area contributed by atoms with E-state index in [1.807, 2.05) is 54.6 Å². The molecule has 134 valence electrons. The van der Waals surface area contributed by atoms with Crippen LogP contribution in [-0.2, 0) is 6.54 Å². The largest absolute Gasteiger partial charge is 0.270 e. The second-order valence-electron chi connectivity index (χ2n) is 6.67. The van der Waals surface area contributed by atoms with Crippen LogP contribution in [0.1, 0.15) is 26.3 Å². The summed E-state index contributed by atoms with van der Waals surface area (Å²) in [4.78, 5) is 36.0. The van der Waals surface area contributed by atoms with Gasteiger partial charge >= 0.3 is 0 Å². The van der Waals surface area contributed by atoms with Gasteiger partial charge in [-0.1, -0.05) is 36.4 Å². The Kier molecular flexibility index (Phi) is 3.72. The third-order valence-electron chi connectivity index (χ3n) is 4.95. The summed E-state index contributed by atoms with van der Waals surface area (Å²) in [5, 5.41) is 1.64. The number of carbonyl (C=O) groups excluding carboxylic acids is 2. The van der Waals surface area contributed by atoms with E-state index in [2.05, 4.69) is 9.97 Å². The third kappa shape index (κ3) is 2.56. The molecule has 3 heterocycles. The maximum absolute atomic E-state index is 13.0. The molecule has 0 saturated carbocycles. The predicted molar refractivity (Wildman–Crippen MR) is 106 cm³/mol. The van der Waals surface area contributed by atoms with Gasteiger partial charge in [0.2, 0.25) is 0 Å². The van der Waals surface area contributed by atoms with Gasteiger partial charge in [0, 0.05) is 28.9 Å². The van der Waals surface area contributed by atoms with Crippen molar-refractivity contribution in [2.45, 2.75) is 6.54 Å². The molecule has 1 aliphatic heterocycles. The van der Waals surface area contributed by atoms with Gasteiger partial charge in [-0.25, -0.2) is 0 Å². The lowest BCUT2D eigenvalue weighted by molar-refractivity contribution is 0.0598. The lowest BCUT2D eigenvalue weighted by Crippen LogP contribution is -2.39. The molecule has 0 radical (unpaired) electrons. The van der Waals surface area contributed by atoms with Crippen LogP contribution in [0.3, 0.4) is 0 Å². The van der Waals surface area contributed by atoms with Crippen LogP contribution in [0.15, 0.2) is 79.1 Å². The molecule has 5 nitrogen and oxygen atoms in total. The number of pyridine rings is 2. The Morgan fingerprint density at radius 3 is 2.04 bits per heavy atom. The summed E-state index contributed by atoms with van der Waals surface area (Å²) in [6.07, 6.45) is 3.40. The average molecular weight is 365 g/mol. The molecule has 0 aliphatic carbocycles. The second-order valence-corrected chi connectivity index (χ2v) is 6.67. The maximum atomic E-state index is 13.0. The van der Waals surface area contributed by atoms with Gasteiger partial charge < -0.3 is 0 Å². The van der Waals surface area contributed by atoms with Crippen molar-refractivity contribution in [3.8, 4) is 11.4 Å². The van der Waals surface area contributed by atoms with Gasteiger partial charge in [-0.05, 0) is 41.3 Å². The molecule has 0 bridgehead atoms. The molecule has 5 rings (SSSR count). The molecular weight excluding hydrogens is 350 g/mol. The van der Waals surface area contributed by atoms with Gasteiger partial charge in [-0.15, -0.1) is 0 Å². The van der Waals surface area contributed by atoms with Gasteiger partial charge in [0.25, 0.3) is 11.8 Å². The fourth-order valence-electron chi connectivity index (χ4n) is 3.59. The van der Waals surface area contributed by atoms with Crippen molar-refractivity contribution in [2.75, 3.05) is 0 Å². The molecule has 0 saturated heterocycles. The first-order valence-corrected chi connectivity index (χ1v) is 8.96. The first-order chi connectivity index (χ1) is 13.7. The minimum Gasteiger partial charge on any atom is -0.270 e. The summed E-state index contributed by atoms with van der Waals surface area (Å²) in [5.41, 5.74) is 3.43. The number of carbonyl (C=O) groups is 2. The molecule has 0 N–H and O–H groups in total. The molecule has 0 atom stereocenters. The Hall–Kier alpha value is -3.86. The Morgan fingerprint density at radius 2 is 1.43 bits per heavy atom. The Morgan fingerprint density at radius 1 is 0.714 bits per heavy atom. The van der Waals surface area contributed by atoms with Crippen molar-refractivity contribution in [1.82, 2.24) is 14.9 Å². The zero-order valence-corrected chi connectivity index (χ0v) is 14.9. The van der Waals surface area contributed by atoms with Crippen molar-refractivity contribution >= 4 is 22.6 Å². The van der Waals surface area contributed by atoms with Crippen LogP contribution < -0.4 is 0 Å². The lowest BCUT2D eigenvalue weighted by atomic mass is 9.94. The first-order valence-electron chi connectivity index (χ1n) is 8.96. The number of hydrogen-bond acceptors (Lipinski definition) is 4. The quantitative estimate of drug-likeness (QED) is 0.513. The zero-order valence-electron chi connectivity index (χ0n) is 14.9. The molecule has 1 aliphatic rings. The van der Waals surface area contributed by atoms with E-state index in [0.29, 0.717) is 11.1 Å². The number of benzene rings is 2. The maximum Gasteiger partial charge on any atom is 0.261 e. The van der Waals surface area contributed by atoms with Crippen LogP contribution >= 0.6 is 0 Å². The van der Waals surface area contributed by atoms with E-state index < -0.39 is 0 Å². The summed E-state index contributed by atoms with van der Waals surface area (Å²) in [6, 6.07) is 20.4. The number of imide groups is 1. The van der Waals surface area contributed by atoms with E-state index in [1.54, 1.807) is 24.5 Å². The second kappa shape index (κ2) is 6.39. The third-order valence-corrected chi connectivity index (χ3v) is 4.95. The fraction of sp³-hybridized carbons (Fsp3) is 0.0435. The van der Waals surface area contributed by atoms with Crippen LogP contribution in [0.2, 0.25) is 0 Å². The number of rotatable bonds is 3. The zero-order chi connectivity index (χ0) is 19.1. The van der Waals surface area contributed by atoms with E-state index in [-0.39, 0.29) is 18.4 Å². The highest BCUT2D eigenvalue weighted by Crippen LogP contribution is 2.30. The fourth-order valence-corrected chi connectivity index (χ4v) is 3.59. The molecule has 4 aromatic rings. The SMILES string of the molecule is O=C1c2cccc3cccc(c23)C(=O)N1Cc1ccc(-c2ccccn2)nc1. The smallest absolute Gasteiger partial charge is 0.261 e. The van der Waals surface area contributed by atoms with E-state index in [9.17, 15) is 9.59 Å². The molecule has 0 spiro atoms. The van der Waals surface area contributed by atoms with Crippen molar-refractivity contribution in [1.29, 1.82) is 0 Å². The number of aromatic nitrogens is 2. The van der Waals surface area contributed by atoms with Crippen molar-refractivity contribution in [2.24, 2.45) is 0 Å². The van der Waals surface area contributed by atoms with E-state index in [4.69, 9.17) is 0 Å². The minimum atomic E-state index is -0.275. The van der Waals surface area contributed by atoms with Crippen LogP contribution in [0.5, 0.6) is 0 Å². The Labute approximate surface area is 161 Å². The van der Waals surface area contributed by atoms with Crippen LogP contribution in [0, 0.1) is 0 Å². The monoisotopic (exact) mass is 365 g/mol. The topological polar surface area (TPSA) is 63.2 Å². The Balaban J connectivity index is 1.48. The molecule has 28 heavy (non-hydrogen) atoms. The van der Waals surface area contributed by atoms with Crippen molar-refractivity contribution in [3.63, 3.8) is 0 Å². The standard InChI is InChI=1S/C23H15N3O2/c27-22-17-7-3-5-16-6-4-8-18(21(16)17)23(28)26(22)14-15-10-11-20(25-13-15)19-9-1-2-12-24-19/h1-13H,14H2. The van der Waals surface area contributed by atoms with E-state index >= 15 is 0 Å². The normalized spacial score (nSPS) is 13.2. The Bertz CT molecular complexity index is 1170. The molecule has 2 aromatic carbocycles. The van der Waals surface area contributed by atoms with Crippen molar-refractivity contribution in [3.05, 3.63) is 95.8 Å². The summed E-state index contributed by atoms with van der Waals surface area (Å²) < 4.78 is 0. The lowest BCUT2D eigenvalue weighted by Gasteiger charge is -2.27. The van der Waals surface area contributed by atoms with Crippen LogP contribution in [0.4, 0.5) is 0 Å². The molecular formula is C23H15N3O2. The molecule has 0 unspecified atom stereocenters. The summed E-state index contributed by atoms with van der Waals surface area (Å²) >= 11 is 0. The molecule has 2 aromatic heterocycles. The highest BCUT2D eigenvalue weighted by Gasteiger charge is 2.32. The molecule has 2 amide bonds. The van der Waals surface area contributed by atoms with Gasteiger partial charge in [-0.3, -0.25) is 24.5 Å². The number of hydrogen-bond donors (Lipinski definition) is 0. The summed E-state index contributed by atoms with van der Waals surface area (Å²) in [7, 11) is 0. The summed E-state index contributed by atoms with van der Waals surface area (Å²) in [5.74, 6) is -0.550. The van der Waals surface area contributed by atoms with Crippen LogP contribution in [-0.4, -0.2) is 26.7 Å². The minimum absolute atomic E-state index is 0.178. The predicted octanol–water partition coefficient (Wildman–Crippen LogP) is 4.09. The molecule has 0 fully saturated rings. The highest BCUT2D eigenvalue weighted by atomic mass is 16.2. The van der Waals surface area contributed by atoms with Gasteiger partial charge in [-0.2, -0.15) is 0 Å². The van der Waals surface area contributed by atoms with E-state index in [1.165, 1.54) is 4.90 Å².